The first-order valence-electron chi connectivity index (χ1n) is 6.05. The molecule has 1 unspecified atom stereocenters. The summed E-state index contributed by atoms with van der Waals surface area (Å²) in [5.74, 6) is -0.853. The predicted molar refractivity (Wildman–Crippen MR) is 84.7 cm³/mol. The third kappa shape index (κ3) is 3.64. The number of carbonyl (C=O) groups is 1. The predicted octanol–water partition coefficient (Wildman–Crippen LogP) is 4.31. The SMILES string of the molecule is Cc1ccc(S(=O)Cc2cccc(Cl)c2Cl)cc1C(=O)O. The Bertz CT molecular complexity index is 729. The summed E-state index contributed by atoms with van der Waals surface area (Å²) in [4.78, 5) is 11.6. The molecule has 21 heavy (non-hydrogen) atoms. The molecule has 0 aliphatic carbocycles. The fraction of sp³-hybridized carbons (Fsp3) is 0.133. The number of halogens is 2. The van der Waals surface area contributed by atoms with E-state index in [-0.39, 0.29) is 11.3 Å². The zero-order valence-corrected chi connectivity index (χ0v) is 13.4. The molecular weight excluding hydrogens is 331 g/mol. The molecule has 0 saturated heterocycles. The maximum absolute atomic E-state index is 12.4. The van der Waals surface area contributed by atoms with Crippen LogP contribution < -0.4 is 0 Å². The summed E-state index contributed by atoms with van der Waals surface area (Å²) in [6, 6.07) is 9.89. The van der Waals surface area contributed by atoms with Crippen LogP contribution in [0.1, 0.15) is 21.5 Å². The lowest BCUT2D eigenvalue weighted by molar-refractivity contribution is 0.0696. The maximum atomic E-state index is 12.4. The molecule has 3 nitrogen and oxygen atoms in total. The average Bonchev–Trinajstić information content (AvgIpc) is 2.44. The van der Waals surface area contributed by atoms with E-state index in [0.29, 0.717) is 26.1 Å². The second-order valence-electron chi connectivity index (χ2n) is 4.48. The van der Waals surface area contributed by atoms with Gasteiger partial charge in [0.2, 0.25) is 0 Å². The molecule has 0 spiro atoms. The van der Waals surface area contributed by atoms with E-state index in [1.165, 1.54) is 6.07 Å². The molecule has 6 heteroatoms. The van der Waals surface area contributed by atoms with Gasteiger partial charge in [0.05, 0.1) is 32.2 Å². The van der Waals surface area contributed by atoms with Crippen molar-refractivity contribution in [1.82, 2.24) is 0 Å². The monoisotopic (exact) mass is 342 g/mol. The van der Waals surface area contributed by atoms with Crippen LogP contribution in [0.4, 0.5) is 0 Å². The number of hydrogen-bond donors (Lipinski definition) is 1. The summed E-state index contributed by atoms with van der Waals surface area (Å²) in [7, 11) is -1.39. The summed E-state index contributed by atoms with van der Waals surface area (Å²) < 4.78 is 12.4. The minimum Gasteiger partial charge on any atom is -0.478 e. The van der Waals surface area contributed by atoms with Gasteiger partial charge in [0.25, 0.3) is 0 Å². The molecule has 0 aliphatic rings. The summed E-state index contributed by atoms with van der Waals surface area (Å²) >= 11 is 12.0. The van der Waals surface area contributed by atoms with Crippen LogP contribution in [-0.4, -0.2) is 15.3 Å². The van der Waals surface area contributed by atoms with Gasteiger partial charge in [-0.1, -0.05) is 41.4 Å². The lowest BCUT2D eigenvalue weighted by Crippen LogP contribution is -2.03. The molecule has 1 atom stereocenters. The second-order valence-corrected chi connectivity index (χ2v) is 6.72. The summed E-state index contributed by atoms with van der Waals surface area (Å²) in [5, 5.41) is 9.88. The molecule has 0 heterocycles. The number of hydrogen-bond acceptors (Lipinski definition) is 2. The quantitative estimate of drug-likeness (QED) is 0.900. The largest absolute Gasteiger partial charge is 0.478 e. The minimum atomic E-state index is -1.39. The van der Waals surface area contributed by atoms with Crippen molar-refractivity contribution in [2.75, 3.05) is 0 Å². The maximum Gasteiger partial charge on any atom is 0.335 e. The van der Waals surface area contributed by atoms with E-state index in [1.807, 2.05) is 0 Å². The van der Waals surface area contributed by atoms with Crippen LogP contribution in [-0.2, 0) is 16.6 Å². The Labute approximate surface area is 135 Å². The number of carboxylic acids is 1. The summed E-state index contributed by atoms with van der Waals surface area (Å²) in [6.07, 6.45) is 0. The molecule has 2 aromatic rings. The van der Waals surface area contributed by atoms with Gasteiger partial charge in [-0.25, -0.2) is 4.79 Å². The summed E-state index contributed by atoms with van der Waals surface area (Å²) in [6.45, 7) is 1.70. The van der Waals surface area contributed by atoms with Crippen molar-refractivity contribution in [3.8, 4) is 0 Å². The third-order valence-corrected chi connectivity index (χ3v) is 5.23. The van der Waals surface area contributed by atoms with Gasteiger partial charge in [0.15, 0.2) is 0 Å². The van der Waals surface area contributed by atoms with Crippen molar-refractivity contribution >= 4 is 40.0 Å². The summed E-state index contributed by atoms with van der Waals surface area (Å²) in [5.41, 5.74) is 1.45. The van der Waals surface area contributed by atoms with Crippen molar-refractivity contribution < 1.29 is 14.1 Å². The van der Waals surface area contributed by atoms with Crippen LogP contribution in [0, 0.1) is 6.92 Å². The van der Waals surface area contributed by atoms with Crippen LogP contribution in [0.3, 0.4) is 0 Å². The molecule has 0 radical (unpaired) electrons. The normalized spacial score (nSPS) is 12.1. The first-order chi connectivity index (χ1) is 9.90. The molecule has 1 N–H and O–H groups in total. The first-order valence-corrected chi connectivity index (χ1v) is 8.13. The zero-order chi connectivity index (χ0) is 15.6. The van der Waals surface area contributed by atoms with E-state index < -0.39 is 16.8 Å². The highest BCUT2D eigenvalue weighted by Gasteiger charge is 2.13. The Balaban J connectivity index is 2.31. The molecule has 2 aromatic carbocycles. The number of aromatic carboxylic acids is 1. The van der Waals surface area contributed by atoms with Crippen LogP contribution in [0.2, 0.25) is 10.0 Å². The van der Waals surface area contributed by atoms with Gasteiger partial charge in [-0.2, -0.15) is 0 Å². The van der Waals surface area contributed by atoms with Crippen LogP contribution in [0.25, 0.3) is 0 Å². The number of benzene rings is 2. The highest BCUT2D eigenvalue weighted by molar-refractivity contribution is 7.84. The fourth-order valence-electron chi connectivity index (χ4n) is 1.86. The average molecular weight is 343 g/mol. The highest BCUT2D eigenvalue weighted by Crippen LogP contribution is 2.27. The number of rotatable bonds is 4. The second kappa shape index (κ2) is 6.60. The molecule has 0 amide bonds. The Hall–Kier alpha value is -1.36. The smallest absolute Gasteiger partial charge is 0.335 e. The van der Waals surface area contributed by atoms with Gasteiger partial charge in [-0.15, -0.1) is 0 Å². The lowest BCUT2D eigenvalue weighted by Gasteiger charge is -2.08. The molecule has 0 aromatic heterocycles. The van der Waals surface area contributed by atoms with E-state index in [4.69, 9.17) is 28.3 Å². The van der Waals surface area contributed by atoms with Crippen molar-refractivity contribution in [2.24, 2.45) is 0 Å². The van der Waals surface area contributed by atoms with Crippen molar-refractivity contribution in [3.05, 3.63) is 63.1 Å². The van der Waals surface area contributed by atoms with Crippen LogP contribution in [0.15, 0.2) is 41.3 Å². The Morgan fingerprint density at radius 2 is 1.95 bits per heavy atom. The zero-order valence-electron chi connectivity index (χ0n) is 11.1. The first kappa shape index (κ1) is 16.0. The van der Waals surface area contributed by atoms with Gasteiger partial charge in [0, 0.05) is 4.90 Å². The third-order valence-electron chi connectivity index (χ3n) is 3.02. The molecule has 0 bridgehead atoms. The van der Waals surface area contributed by atoms with Crippen molar-refractivity contribution in [2.45, 2.75) is 17.6 Å². The molecule has 110 valence electrons. The fourth-order valence-corrected chi connectivity index (χ4v) is 3.48. The van der Waals surface area contributed by atoms with E-state index in [1.54, 1.807) is 37.3 Å². The standard InChI is InChI=1S/C15H12Cl2O3S/c1-9-5-6-11(7-12(9)15(18)19)21(20)8-10-3-2-4-13(16)14(10)17/h2-7H,8H2,1H3,(H,18,19). The van der Waals surface area contributed by atoms with E-state index in [2.05, 4.69) is 0 Å². The van der Waals surface area contributed by atoms with Gasteiger partial charge < -0.3 is 5.11 Å². The van der Waals surface area contributed by atoms with E-state index >= 15 is 0 Å². The molecule has 0 fully saturated rings. The van der Waals surface area contributed by atoms with Crippen molar-refractivity contribution in [1.29, 1.82) is 0 Å². The molecule has 0 aliphatic heterocycles. The molecule has 2 rings (SSSR count). The Kier molecular flexibility index (Phi) is 5.04. The van der Waals surface area contributed by atoms with Gasteiger partial charge in [-0.3, -0.25) is 4.21 Å². The van der Waals surface area contributed by atoms with Gasteiger partial charge in [0.1, 0.15) is 0 Å². The van der Waals surface area contributed by atoms with Crippen LogP contribution >= 0.6 is 23.2 Å². The number of aryl methyl sites for hydroxylation is 1. The number of carboxylic acid groups (broad SMARTS) is 1. The molecule has 0 saturated carbocycles. The van der Waals surface area contributed by atoms with Crippen LogP contribution in [0.5, 0.6) is 0 Å². The van der Waals surface area contributed by atoms with E-state index in [9.17, 15) is 9.00 Å². The lowest BCUT2D eigenvalue weighted by atomic mass is 10.1. The molecular formula is C15H12Cl2O3S. The minimum absolute atomic E-state index is 0.151. The van der Waals surface area contributed by atoms with E-state index in [0.717, 1.165) is 0 Å². The van der Waals surface area contributed by atoms with Crippen molar-refractivity contribution in [3.63, 3.8) is 0 Å². The van der Waals surface area contributed by atoms with Gasteiger partial charge in [-0.05, 0) is 36.2 Å². The highest BCUT2D eigenvalue weighted by atomic mass is 35.5. The van der Waals surface area contributed by atoms with Gasteiger partial charge >= 0.3 is 5.97 Å². The Morgan fingerprint density at radius 1 is 1.24 bits per heavy atom. The topological polar surface area (TPSA) is 54.4 Å². The Morgan fingerprint density at radius 3 is 2.62 bits per heavy atom.